The number of morpholine rings is 1. The van der Waals surface area contributed by atoms with Gasteiger partial charge in [-0.05, 0) is 31.5 Å². The van der Waals surface area contributed by atoms with Crippen LogP contribution < -0.4 is 0 Å². The molecular weight excluding hydrogens is 252 g/mol. The van der Waals surface area contributed by atoms with Crippen LogP contribution >= 0.6 is 0 Å². The first-order chi connectivity index (χ1) is 9.65. The molecule has 4 nitrogen and oxygen atoms in total. The van der Waals surface area contributed by atoms with Gasteiger partial charge in [-0.2, -0.15) is 0 Å². The maximum absolute atomic E-state index is 9.73. The number of aromatic hydroxyl groups is 1. The van der Waals surface area contributed by atoms with Gasteiger partial charge in [0.2, 0.25) is 0 Å². The van der Waals surface area contributed by atoms with Crippen molar-refractivity contribution in [2.24, 2.45) is 0 Å². The van der Waals surface area contributed by atoms with Crippen molar-refractivity contribution in [3.05, 3.63) is 30.0 Å². The van der Waals surface area contributed by atoms with E-state index in [1.54, 1.807) is 6.07 Å². The highest BCUT2D eigenvalue weighted by molar-refractivity contribution is 5.85. The van der Waals surface area contributed by atoms with Gasteiger partial charge in [0.05, 0.1) is 18.7 Å². The van der Waals surface area contributed by atoms with E-state index in [-0.39, 0.29) is 0 Å². The van der Waals surface area contributed by atoms with E-state index >= 15 is 0 Å². The van der Waals surface area contributed by atoms with E-state index in [0.29, 0.717) is 11.8 Å². The number of hydrogen-bond donors (Lipinski definition) is 1. The van der Waals surface area contributed by atoms with Crippen LogP contribution in [0.2, 0.25) is 0 Å². The van der Waals surface area contributed by atoms with Crippen LogP contribution in [0.15, 0.2) is 24.4 Å². The summed E-state index contributed by atoms with van der Waals surface area (Å²) in [6, 6.07) is 6.05. The lowest BCUT2D eigenvalue weighted by Crippen LogP contribution is -2.35. The molecule has 1 saturated heterocycles. The SMILES string of the molecule is CC(C)n1cc(CN2CCOCC2)c2ccc(O)cc21. The summed E-state index contributed by atoms with van der Waals surface area (Å²) < 4.78 is 7.65. The van der Waals surface area contributed by atoms with Crippen molar-refractivity contribution < 1.29 is 9.84 Å². The van der Waals surface area contributed by atoms with Crippen molar-refractivity contribution in [1.29, 1.82) is 0 Å². The van der Waals surface area contributed by atoms with Gasteiger partial charge in [0.1, 0.15) is 5.75 Å². The highest BCUT2D eigenvalue weighted by atomic mass is 16.5. The highest BCUT2D eigenvalue weighted by Crippen LogP contribution is 2.28. The number of nitrogens with zero attached hydrogens (tertiary/aromatic N) is 2. The van der Waals surface area contributed by atoms with Crippen molar-refractivity contribution in [3.8, 4) is 5.75 Å². The number of hydrogen-bond acceptors (Lipinski definition) is 3. The minimum absolute atomic E-state index is 0.329. The Hall–Kier alpha value is -1.52. The van der Waals surface area contributed by atoms with Gasteiger partial charge in [-0.3, -0.25) is 4.90 Å². The topological polar surface area (TPSA) is 37.6 Å². The van der Waals surface area contributed by atoms with E-state index in [1.165, 1.54) is 10.9 Å². The summed E-state index contributed by atoms with van der Waals surface area (Å²) in [5, 5.41) is 11.0. The van der Waals surface area contributed by atoms with Crippen molar-refractivity contribution in [3.63, 3.8) is 0 Å². The van der Waals surface area contributed by atoms with Gasteiger partial charge < -0.3 is 14.4 Å². The molecule has 0 aliphatic carbocycles. The molecule has 4 heteroatoms. The number of phenolic OH excluding ortho intramolecular Hbond substituents is 1. The number of ether oxygens (including phenoxy) is 1. The average Bonchev–Trinajstić information content (AvgIpc) is 2.78. The summed E-state index contributed by atoms with van der Waals surface area (Å²) in [6.07, 6.45) is 2.23. The molecule has 1 aliphatic rings. The molecule has 1 aromatic carbocycles. The molecule has 2 heterocycles. The molecule has 3 rings (SSSR count). The van der Waals surface area contributed by atoms with Crippen molar-refractivity contribution >= 4 is 10.9 Å². The zero-order chi connectivity index (χ0) is 14.1. The van der Waals surface area contributed by atoms with Gasteiger partial charge in [0.25, 0.3) is 0 Å². The van der Waals surface area contributed by atoms with Crippen LogP contribution in [-0.4, -0.2) is 40.9 Å². The summed E-state index contributed by atoms with van der Waals surface area (Å²) in [5.74, 6) is 0.329. The second-order valence-corrected chi connectivity index (χ2v) is 5.75. The molecule has 20 heavy (non-hydrogen) atoms. The number of rotatable bonds is 3. The summed E-state index contributed by atoms with van der Waals surface area (Å²) in [4.78, 5) is 2.43. The molecule has 0 saturated carbocycles. The largest absolute Gasteiger partial charge is 0.508 e. The van der Waals surface area contributed by atoms with Gasteiger partial charge in [-0.1, -0.05) is 0 Å². The lowest BCUT2D eigenvalue weighted by atomic mass is 10.1. The normalized spacial score (nSPS) is 17.1. The molecule has 1 fully saturated rings. The first kappa shape index (κ1) is 13.5. The number of phenols is 1. The number of aromatic nitrogens is 1. The molecule has 0 bridgehead atoms. The van der Waals surface area contributed by atoms with E-state index in [2.05, 4.69) is 29.5 Å². The molecule has 1 N–H and O–H groups in total. The molecule has 2 aromatic rings. The Labute approximate surface area is 119 Å². The fourth-order valence-corrected chi connectivity index (χ4v) is 2.87. The van der Waals surface area contributed by atoms with E-state index in [1.807, 2.05) is 12.1 Å². The first-order valence-electron chi connectivity index (χ1n) is 7.27. The summed E-state index contributed by atoms with van der Waals surface area (Å²) in [7, 11) is 0. The Morgan fingerprint density at radius 2 is 2.00 bits per heavy atom. The molecule has 0 atom stereocenters. The number of fused-ring (bicyclic) bond motifs is 1. The molecule has 0 spiro atoms. The fraction of sp³-hybridized carbons (Fsp3) is 0.500. The Bertz CT molecular complexity index is 598. The minimum atomic E-state index is 0.329. The zero-order valence-corrected chi connectivity index (χ0v) is 12.2. The van der Waals surface area contributed by atoms with Crippen molar-refractivity contribution in [2.45, 2.75) is 26.4 Å². The molecule has 1 aromatic heterocycles. The quantitative estimate of drug-likeness (QED) is 0.935. The van der Waals surface area contributed by atoms with Crippen LogP contribution in [0, 0.1) is 0 Å². The first-order valence-corrected chi connectivity index (χ1v) is 7.27. The van der Waals surface area contributed by atoms with E-state index in [0.717, 1.165) is 38.4 Å². The third-order valence-electron chi connectivity index (χ3n) is 3.95. The molecule has 0 radical (unpaired) electrons. The van der Waals surface area contributed by atoms with Crippen molar-refractivity contribution in [1.82, 2.24) is 9.47 Å². The van der Waals surface area contributed by atoms with Gasteiger partial charge in [0, 0.05) is 43.3 Å². The monoisotopic (exact) mass is 274 g/mol. The summed E-state index contributed by atoms with van der Waals surface area (Å²) in [5.41, 5.74) is 2.44. The van der Waals surface area contributed by atoms with Crippen LogP contribution in [0.25, 0.3) is 10.9 Å². The molecule has 1 aliphatic heterocycles. The molecule has 0 unspecified atom stereocenters. The van der Waals surface area contributed by atoms with Crippen LogP contribution in [0.1, 0.15) is 25.5 Å². The van der Waals surface area contributed by atoms with Crippen LogP contribution in [0.3, 0.4) is 0 Å². The van der Waals surface area contributed by atoms with Crippen LogP contribution in [0.5, 0.6) is 5.75 Å². The Morgan fingerprint density at radius 1 is 1.25 bits per heavy atom. The lowest BCUT2D eigenvalue weighted by Gasteiger charge is -2.26. The maximum Gasteiger partial charge on any atom is 0.117 e. The maximum atomic E-state index is 9.73. The van der Waals surface area contributed by atoms with Crippen LogP contribution in [-0.2, 0) is 11.3 Å². The highest BCUT2D eigenvalue weighted by Gasteiger charge is 2.16. The van der Waals surface area contributed by atoms with E-state index < -0.39 is 0 Å². The molecular formula is C16H22N2O2. The standard InChI is InChI=1S/C16H22N2O2/c1-12(2)18-11-13(10-17-5-7-20-8-6-17)15-4-3-14(19)9-16(15)18/h3-4,9,11-12,19H,5-8,10H2,1-2H3. The third-order valence-corrected chi connectivity index (χ3v) is 3.95. The van der Waals surface area contributed by atoms with Gasteiger partial charge >= 0.3 is 0 Å². The molecule has 108 valence electrons. The summed E-state index contributed by atoms with van der Waals surface area (Å²) >= 11 is 0. The predicted molar refractivity (Wildman–Crippen MR) is 80.1 cm³/mol. The van der Waals surface area contributed by atoms with Gasteiger partial charge in [-0.15, -0.1) is 0 Å². The van der Waals surface area contributed by atoms with Gasteiger partial charge in [-0.25, -0.2) is 0 Å². The lowest BCUT2D eigenvalue weighted by molar-refractivity contribution is 0.0343. The fourth-order valence-electron chi connectivity index (χ4n) is 2.87. The second-order valence-electron chi connectivity index (χ2n) is 5.75. The molecule has 0 amide bonds. The predicted octanol–water partition coefficient (Wildman–Crippen LogP) is 2.76. The van der Waals surface area contributed by atoms with Gasteiger partial charge in [0.15, 0.2) is 0 Å². The third kappa shape index (κ3) is 2.53. The zero-order valence-electron chi connectivity index (χ0n) is 12.2. The second kappa shape index (κ2) is 5.46. The number of benzene rings is 1. The summed E-state index contributed by atoms with van der Waals surface area (Å²) in [6.45, 7) is 8.92. The van der Waals surface area contributed by atoms with E-state index in [9.17, 15) is 5.11 Å². The Balaban J connectivity index is 1.97. The minimum Gasteiger partial charge on any atom is -0.508 e. The van der Waals surface area contributed by atoms with E-state index in [4.69, 9.17) is 4.74 Å². The van der Waals surface area contributed by atoms with Crippen molar-refractivity contribution in [2.75, 3.05) is 26.3 Å². The smallest absolute Gasteiger partial charge is 0.117 e. The van der Waals surface area contributed by atoms with Crippen LogP contribution in [0.4, 0.5) is 0 Å². The Kier molecular flexibility index (Phi) is 3.68. The average molecular weight is 274 g/mol. The Morgan fingerprint density at radius 3 is 2.70 bits per heavy atom.